The number of rotatable bonds is 5. The van der Waals surface area contributed by atoms with Crippen molar-refractivity contribution in [1.29, 1.82) is 0 Å². The first-order valence-corrected chi connectivity index (χ1v) is 10.8. The number of anilines is 2. The minimum atomic E-state index is 0.203. The normalized spacial score (nSPS) is 21.2. The molecule has 0 amide bonds. The average molecular weight is 437 g/mol. The highest BCUT2D eigenvalue weighted by molar-refractivity contribution is 6.31. The molecule has 1 N–H and O–H groups in total. The Kier molecular flexibility index (Phi) is 5.38. The van der Waals surface area contributed by atoms with Crippen LogP contribution in [0.15, 0.2) is 47.7 Å². The Balaban J connectivity index is 1.44. The second-order valence-corrected chi connectivity index (χ2v) is 8.75. The number of likely N-dealkylation sites (tertiary alicyclic amines) is 1. The van der Waals surface area contributed by atoms with Crippen molar-refractivity contribution in [2.24, 2.45) is 5.10 Å². The summed E-state index contributed by atoms with van der Waals surface area (Å²) in [6.07, 6.45) is 5.01. The van der Waals surface area contributed by atoms with Crippen molar-refractivity contribution in [2.45, 2.75) is 18.4 Å². The van der Waals surface area contributed by atoms with Gasteiger partial charge in [-0.1, -0.05) is 11.6 Å². The molecule has 160 valence electrons. The number of fused-ring (bicyclic) bond motifs is 1. The largest absolute Gasteiger partial charge is 0.489 e. The van der Waals surface area contributed by atoms with Gasteiger partial charge in [0.25, 0.3) is 0 Å². The fourth-order valence-electron chi connectivity index (χ4n) is 4.12. The summed E-state index contributed by atoms with van der Waals surface area (Å²) in [6.45, 7) is 2.85. The molecule has 0 bridgehead atoms. The summed E-state index contributed by atoms with van der Waals surface area (Å²) in [7, 11) is 4.11. The predicted octanol–water partition coefficient (Wildman–Crippen LogP) is 4.12. The summed E-state index contributed by atoms with van der Waals surface area (Å²) in [6, 6.07) is 11.9. The zero-order valence-corrected chi connectivity index (χ0v) is 18.4. The lowest BCUT2D eigenvalue weighted by atomic mass is 10.00. The first-order valence-electron chi connectivity index (χ1n) is 10.5. The van der Waals surface area contributed by atoms with Crippen molar-refractivity contribution in [1.82, 2.24) is 19.9 Å². The van der Waals surface area contributed by atoms with Gasteiger partial charge in [0.15, 0.2) is 0 Å². The first kappa shape index (κ1) is 20.0. The van der Waals surface area contributed by atoms with E-state index in [2.05, 4.69) is 44.5 Å². The molecule has 2 atom stereocenters. The van der Waals surface area contributed by atoms with Crippen molar-refractivity contribution in [3.05, 3.63) is 53.2 Å². The fraction of sp³-hybridized carbons (Fsp3) is 0.348. The molecule has 8 heteroatoms. The van der Waals surface area contributed by atoms with Crippen molar-refractivity contribution >= 4 is 40.4 Å². The van der Waals surface area contributed by atoms with Gasteiger partial charge in [0, 0.05) is 67.2 Å². The summed E-state index contributed by atoms with van der Waals surface area (Å²) >= 11 is 6.07. The number of hydrazone groups is 1. The second-order valence-electron chi connectivity index (χ2n) is 8.31. The zero-order chi connectivity index (χ0) is 21.4. The lowest BCUT2D eigenvalue weighted by Gasteiger charge is -2.18. The van der Waals surface area contributed by atoms with E-state index in [9.17, 15) is 0 Å². The van der Waals surface area contributed by atoms with Crippen LogP contribution in [0.4, 0.5) is 11.6 Å². The van der Waals surface area contributed by atoms with Crippen LogP contribution in [-0.4, -0.2) is 65.9 Å². The molecule has 2 aliphatic heterocycles. The summed E-state index contributed by atoms with van der Waals surface area (Å²) in [5.74, 6) is 1.62. The Labute approximate surface area is 186 Å². The fourth-order valence-corrected chi connectivity index (χ4v) is 4.30. The number of benzene rings is 2. The van der Waals surface area contributed by atoms with Gasteiger partial charge in [-0.25, -0.2) is 9.97 Å². The van der Waals surface area contributed by atoms with Crippen LogP contribution in [0.25, 0.3) is 10.9 Å². The standard InChI is InChI=1S/C23H25ClN6O/c1-29-6-5-20(14-29)31-21-9-15(17-12-26-30(2)13-17)8-19(10-21)27-23-25-11-16-7-18(24)3-4-22(16)28-23/h3-4,7-12,17,20H,5-6,13-14H2,1-2H3,(H,25,27,28)/t17?,20-/m1/s1. The second kappa shape index (κ2) is 8.32. The molecule has 1 fully saturated rings. The maximum atomic E-state index is 6.34. The van der Waals surface area contributed by atoms with Crippen LogP contribution < -0.4 is 10.1 Å². The van der Waals surface area contributed by atoms with Gasteiger partial charge in [-0.15, -0.1) is 0 Å². The van der Waals surface area contributed by atoms with E-state index in [1.54, 1.807) is 6.20 Å². The molecule has 0 aliphatic carbocycles. The highest BCUT2D eigenvalue weighted by Crippen LogP contribution is 2.31. The first-order chi connectivity index (χ1) is 15.0. The highest BCUT2D eigenvalue weighted by atomic mass is 35.5. The van der Waals surface area contributed by atoms with Crippen molar-refractivity contribution in [2.75, 3.05) is 39.0 Å². The van der Waals surface area contributed by atoms with Crippen LogP contribution in [0, 0.1) is 0 Å². The third-order valence-electron chi connectivity index (χ3n) is 5.71. The molecule has 31 heavy (non-hydrogen) atoms. The van der Waals surface area contributed by atoms with Crippen LogP contribution in [0.5, 0.6) is 5.75 Å². The van der Waals surface area contributed by atoms with E-state index in [4.69, 9.17) is 16.3 Å². The smallest absolute Gasteiger partial charge is 0.227 e. The molecule has 1 saturated heterocycles. The van der Waals surface area contributed by atoms with Crippen LogP contribution in [0.1, 0.15) is 17.9 Å². The molecule has 2 aromatic carbocycles. The highest BCUT2D eigenvalue weighted by Gasteiger charge is 2.23. The summed E-state index contributed by atoms with van der Waals surface area (Å²) in [4.78, 5) is 11.4. The maximum Gasteiger partial charge on any atom is 0.227 e. The van der Waals surface area contributed by atoms with Crippen molar-refractivity contribution < 1.29 is 4.74 Å². The van der Waals surface area contributed by atoms with E-state index in [0.29, 0.717) is 11.0 Å². The van der Waals surface area contributed by atoms with Crippen LogP contribution in [-0.2, 0) is 0 Å². The van der Waals surface area contributed by atoms with Gasteiger partial charge in [0.05, 0.1) is 5.52 Å². The molecule has 1 unspecified atom stereocenters. The lowest BCUT2D eigenvalue weighted by molar-refractivity contribution is 0.208. The monoisotopic (exact) mass is 436 g/mol. The van der Waals surface area contributed by atoms with E-state index in [1.807, 2.05) is 42.5 Å². The number of nitrogens with one attached hydrogen (secondary N) is 1. The van der Waals surface area contributed by atoms with Gasteiger partial charge in [0.1, 0.15) is 11.9 Å². The third-order valence-corrected chi connectivity index (χ3v) is 5.95. The molecule has 3 aromatic rings. The average Bonchev–Trinajstić information content (AvgIpc) is 3.36. The quantitative estimate of drug-likeness (QED) is 0.648. The molecule has 2 aliphatic rings. The van der Waals surface area contributed by atoms with Crippen LogP contribution >= 0.6 is 11.6 Å². The van der Waals surface area contributed by atoms with Gasteiger partial charge >= 0.3 is 0 Å². The van der Waals surface area contributed by atoms with Gasteiger partial charge in [-0.05, 0) is 49.4 Å². The van der Waals surface area contributed by atoms with Crippen molar-refractivity contribution in [3.8, 4) is 5.75 Å². The van der Waals surface area contributed by atoms with Gasteiger partial charge in [-0.3, -0.25) is 5.01 Å². The minimum absolute atomic E-state index is 0.203. The Morgan fingerprint density at radius 3 is 2.81 bits per heavy atom. The molecule has 0 radical (unpaired) electrons. The van der Waals surface area contributed by atoms with Crippen LogP contribution in [0.2, 0.25) is 5.02 Å². The van der Waals surface area contributed by atoms with E-state index in [-0.39, 0.29) is 12.0 Å². The van der Waals surface area contributed by atoms with Crippen molar-refractivity contribution in [3.63, 3.8) is 0 Å². The Bertz CT molecular complexity index is 1140. The number of hydrogen-bond acceptors (Lipinski definition) is 7. The summed E-state index contributed by atoms with van der Waals surface area (Å²) < 4.78 is 6.34. The zero-order valence-electron chi connectivity index (χ0n) is 17.6. The van der Waals surface area contributed by atoms with E-state index >= 15 is 0 Å². The molecule has 3 heterocycles. The molecule has 1 aromatic heterocycles. The van der Waals surface area contributed by atoms with E-state index in [1.165, 1.54) is 0 Å². The third kappa shape index (κ3) is 4.57. The number of ether oxygens (including phenoxy) is 1. The van der Waals surface area contributed by atoms with Gasteiger partial charge < -0.3 is 15.0 Å². The lowest BCUT2D eigenvalue weighted by Crippen LogP contribution is -2.21. The number of halogens is 1. The molecular formula is C23H25ClN6O. The van der Waals surface area contributed by atoms with Gasteiger partial charge in [-0.2, -0.15) is 5.10 Å². The number of hydrogen-bond donors (Lipinski definition) is 1. The van der Waals surface area contributed by atoms with E-state index in [0.717, 1.165) is 54.0 Å². The number of aromatic nitrogens is 2. The Hall–Kier alpha value is -2.90. The van der Waals surface area contributed by atoms with Gasteiger partial charge in [0.2, 0.25) is 5.95 Å². The number of nitrogens with zero attached hydrogens (tertiary/aromatic N) is 5. The minimum Gasteiger partial charge on any atom is -0.489 e. The summed E-state index contributed by atoms with van der Waals surface area (Å²) in [5, 5.41) is 11.3. The Morgan fingerprint density at radius 2 is 2.03 bits per heavy atom. The molecular weight excluding hydrogens is 412 g/mol. The molecule has 5 rings (SSSR count). The van der Waals surface area contributed by atoms with Crippen LogP contribution in [0.3, 0.4) is 0 Å². The molecule has 7 nitrogen and oxygen atoms in total. The topological polar surface area (TPSA) is 65.9 Å². The SMILES string of the molecule is CN1CC[C@@H](Oc2cc(Nc3ncc4cc(Cl)ccc4n3)cc(C3C=NN(C)C3)c2)C1. The predicted molar refractivity (Wildman–Crippen MR) is 125 cm³/mol. The molecule has 0 saturated carbocycles. The van der Waals surface area contributed by atoms with E-state index < -0.39 is 0 Å². The summed E-state index contributed by atoms with van der Waals surface area (Å²) in [5.41, 5.74) is 2.90. The number of likely N-dealkylation sites (N-methyl/N-ethyl adjacent to an activating group) is 2. The Morgan fingerprint density at radius 1 is 1.13 bits per heavy atom. The molecule has 0 spiro atoms. The maximum absolute atomic E-state index is 6.34.